The van der Waals surface area contributed by atoms with Gasteiger partial charge in [-0.25, -0.2) is 0 Å². The molecule has 0 aliphatic heterocycles. The Bertz CT molecular complexity index is 307. The zero-order valence-electron chi connectivity index (χ0n) is 11.7. The lowest BCUT2D eigenvalue weighted by molar-refractivity contribution is -0.143. The van der Waals surface area contributed by atoms with Gasteiger partial charge in [-0.1, -0.05) is 26.2 Å². The maximum absolute atomic E-state index is 11.9. The van der Waals surface area contributed by atoms with Crippen LogP contribution >= 0.6 is 0 Å². The van der Waals surface area contributed by atoms with Crippen LogP contribution in [0.3, 0.4) is 0 Å². The fourth-order valence-electron chi connectivity index (χ4n) is 2.55. The molecule has 1 aliphatic rings. The van der Waals surface area contributed by atoms with E-state index in [0.29, 0.717) is 25.3 Å². The highest BCUT2D eigenvalue weighted by molar-refractivity contribution is 5.78. The van der Waals surface area contributed by atoms with E-state index in [1.807, 2.05) is 6.92 Å². The number of carboxylic acids is 1. The van der Waals surface area contributed by atoms with Crippen molar-refractivity contribution in [1.29, 1.82) is 0 Å². The lowest BCUT2D eigenvalue weighted by Crippen LogP contribution is -2.42. The molecular weight excluding hydrogens is 244 g/mol. The van der Waals surface area contributed by atoms with Crippen LogP contribution in [0.15, 0.2) is 0 Å². The highest BCUT2D eigenvalue weighted by Gasteiger charge is 2.30. The van der Waals surface area contributed by atoms with Crippen LogP contribution < -0.4 is 11.1 Å². The predicted octanol–water partition coefficient (Wildman–Crippen LogP) is 1.51. The largest absolute Gasteiger partial charge is 0.481 e. The molecule has 1 fully saturated rings. The van der Waals surface area contributed by atoms with Crippen LogP contribution in [0.2, 0.25) is 0 Å². The quantitative estimate of drug-likeness (QED) is 0.638. The number of aliphatic carboxylic acids is 1. The number of hydrogen-bond donors (Lipinski definition) is 3. The van der Waals surface area contributed by atoms with E-state index in [1.54, 1.807) is 0 Å². The third kappa shape index (κ3) is 5.59. The molecule has 0 radical (unpaired) electrons. The highest BCUT2D eigenvalue weighted by atomic mass is 16.4. The van der Waals surface area contributed by atoms with Crippen molar-refractivity contribution in [3.8, 4) is 0 Å². The summed E-state index contributed by atoms with van der Waals surface area (Å²) in [5.74, 6) is -0.936. The molecule has 0 aromatic heterocycles. The van der Waals surface area contributed by atoms with E-state index in [9.17, 15) is 14.7 Å². The van der Waals surface area contributed by atoms with Crippen LogP contribution in [0.5, 0.6) is 0 Å². The minimum absolute atomic E-state index is 0.0431. The number of carbonyl (C=O) groups is 2. The minimum Gasteiger partial charge on any atom is -0.481 e. The molecule has 1 amide bonds. The van der Waals surface area contributed by atoms with E-state index >= 15 is 0 Å². The van der Waals surface area contributed by atoms with E-state index in [1.165, 1.54) is 0 Å². The standard InChI is InChI=1S/C14H26N2O3/c1-10(9-15)7-8-13(17)16-12-6-4-2-3-5-11(12)14(18)19/h10-12H,2-9,15H2,1H3,(H,16,17)(H,18,19). The van der Waals surface area contributed by atoms with Crippen molar-refractivity contribution in [1.82, 2.24) is 5.32 Å². The number of carboxylic acid groups (broad SMARTS) is 1. The molecule has 0 spiro atoms. The molecule has 0 aromatic rings. The van der Waals surface area contributed by atoms with Crippen molar-refractivity contribution in [2.75, 3.05) is 6.54 Å². The molecule has 3 atom stereocenters. The van der Waals surface area contributed by atoms with Crippen LogP contribution in [-0.2, 0) is 9.59 Å². The van der Waals surface area contributed by atoms with Crippen molar-refractivity contribution in [3.63, 3.8) is 0 Å². The third-order valence-electron chi connectivity index (χ3n) is 3.95. The Labute approximate surface area is 114 Å². The van der Waals surface area contributed by atoms with E-state index < -0.39 is 11.9 Å². The lowest BCUT2D eigenvalue weighted by atomic mass is 9.94. The molecule has 19 heavy (non-hydrogen) atoms. The minimum atomic E-state index is -0.789. The van der Waals surface area contributed by atoms with Gasteiger partial charge < -0.3 is 16.2 Å². The first-order valence-electron chi connectivity index (χ1n) is 7.26. The maximum atomic E-state index is 11.9. The second kappa shape index (κ2) is 8.15. The highest BCUT2D eigenvalue weighted by Crippen LogP contribution is 2.24. The molecule has 1 saturated carbocycles. The Kier molecular flexibility index (Phi) is 6.84. The second-order valence-corrected chi connectivity index (χ2v) is 5.64. The van der Waals surface area contributed by atoms with Gasteiger partial charge in [-0.3, -0.25) is 9.59 Å². The van der Waals surface area contributed by atoms with Gasteiger partial charge in [0.2, 0.25) is 5.91 Å². The first kappa shape index (κ1) is 16.0. The normalized spacial score (nSPS) is 25.4. The van der Waals surface area contributed by atoms with Gasteiger partial charge >= 0.3 is 5.97 Å². The summed E-state index contributed by atoms with van der Waals surface area (Å²) in [6, 6.07) is -0.208. The molecule has 1 rings (SSSR count). The number of nitrogens with one attached hydrogen (secondary N) is 1. The Morgan fingerprint density at radius 2 is 2.00 bits per heavy atom. The van der Waals surface area contributed by atoms with Crippen molar-refractivity contribution in [2.45, 2.75) is 57.9 Å². The van der Waals surface area contributed by atoms with E-state index in [4.69, 9.17) is 5.73 Å². The summed E-state index contributed by atoms with van der Waals surface area (Å²) in [6.45, 7) is 2.59. The Morgan fingerprint density at radius 3 is 2.63 bits per heavy atom. The maximum Gasteiger partial charge on any atom is 0.308 e. The zero-order valence-corrected chi connectivity index (χ0v) is 11.7. The van der Waals surface area contributed by atoms with Crippen molar-refractivity contribution in [3.05, 3.63) is 0 Å². The summed E-state index contributed by atoms with van der Waals surface area (Å²) in [6.07, 6.45) is 5.62. The van der Waals surface area contributed by atoms with E-state index in [0.717, 1.165) is 32.1 Å². The smallest absolute Gasteiger partial charge is 0.308 e. The Morgan fingerprint density at radius 1 is 1.32 bits per heavy atom. The van der Waals surface area contributed by atoms with Gasteiger partial charge in [0, 0.05) is 12.5 Å². The molecular formula is C14H26N2O3. The summed E-state index contributed by atoms with van der Waals surface area (Å²) >= 11 is 0. The summed E-state index contributed by atoms with van der Waals surface area (Å²) in [7, 11) is 0. The topological polar surface area (TPSA) is 92.4 Å². The molecule has 1 aliphatic carbocycles. The molecule has 5 heteroatoms. The van der Waals surface area contributed by atoms with Gasteiger partial charge in [0.15, 0.2) is 0 Å². The van der Waals surface area contributed by atoms with Gasteiger partial charge in [-0.15, -0.1) is 0 Å². The monoisotopic (exact) mass is 270 g/mol. The zero-order chi connectivity index (χ0) is 14.3. The molecule has 0 aromatic carbocycles. The van der Waals surface area contributed by atoms with Crippen LogP contribution in [0, 0.1) is 11.8 Å². The van der Waals surface area contributed by atoms with Crippen molar-refractivity contribution < 1.29 is 14.7 Å². The number of rotatable bonds is 6. The van der Waals surface area contributed by atoms with Crippen LogP contribution in [0.25, 0.3) is 0 Å². The van der Waals surface area contributed by atoms with Gasteiger partial charge in [-0.05, 0) is 31.7 Å². The van der Waals surface area contributed by atoms with Gasteiger partial charge in [0.25, 0.3) is 0 Å². The average molecular weight is 270 g/mol. The number of nitrogens with two attached hydrogens (primary N) is 1. The number of carbonyl (C=O) groups excluding carboxylic acids is 1. The van der Waals surface area contributed by atoms with Crippen LogP contribution in [0.1, 0.15) is 51.9 Å². The number of amides is 1. The summed E-state index contributed by atoms with van der Waals surface area (Å²) in [5.41, 5.74) is 5.52. The van der Waals surface area contributed by atoms with Crippen LogP contribution in [0.4, 0.5) is 0 Å². The van der Waals surface area contributed by atoms with Gasteiger partial charge in [0.1, 0.15) is 0 Å². The molecule has 0 heterocycles. The first-order chi connectivity index (χ1) is 9.04. The van der Waals surface area contributed by atoms with Gasteiger partial charge in [-0.2, -0.15) is 0 Å². The van der Waals surface area contributed by atoms with Crippen molar-refractivity contribution >= 4 is 11.9 Å². The Balaban J connectivity index is 2.46. The molecule has 110 valence electrons. The molecule has 3 unspecified atom stereocenters. The lowest BCUT2D eigenvalue weighted by Gasteiger charge is -2.23. The van der Waals surface area contributed by atoms with E-state index in [2.05, 4.69) is 5.32 Å². The first-order valence-corrected chi connectivity index (χ1v) is 7.26. The van der Waals surface area contributed by atoms with Crippen molar-refractivity contribution in [2.24, 2.45) is 17.6 Å². The third-order valence-corrected chi connectivity index (χ3v) is 3.95. The molecule has 5 nitrogen and oxygen atoms in total. The fourth-order valence-corrected chi connectivity index (χ4v) is 2.55. The predicted molar refractivity (Wildman–Crippen MR) is 73.6 cm³/mol. The average Bonchev–Trinajstić information content (AvgIpc) is 2.61. The fraction of sp³-hybridized carbons (Fsp3) is 0.857. The molecule has 0 saturated heterocycles. The molecule has 0 bridgehead atoms. The van der Waals surface area contributed by atoms with E-state index in [-0.39, 0.29) is 11.9 Å². The van der Waals surface area contributed by atoms with Crippen LogP contribution in [-0.4, -0.2) is 29.6 Å². The number of hydrogen-bond acceptors (Lipinski definition) is 3. The summed E-state index contributed by atoms with van der Waals surface area (Å²) in [4.78, 5) is 23.1. The molecule has 4 N–H and O–H groups in total. The summed E-state index contributed by atoms with van der Waals surface area (Å²) in [5, 5.41) is 12.1. The SMILES string of the molecule is CC(CN)CCC(=O)NC1CCCCCC1C(=O)O. The van der Waals surface area contributed by atoms with Gasteiger partial charge in [0.05, 0.1) is 5.92 Å². The second-order valence-electron chi connectivity index (χ2n) is 5.64. The Hall–Kier alpha value is -1.10. The summed E-state index contributed by atoms with van der Waals surface area (Å²) < 4.78 is 0.